The molecule has 0 unspecified atom stereocenters. The van der Waals surface area contributed by atoms with Crippen molar-refractivity contribution in [1.82, 2.24) is 10.2 Å². The third-order valence-corrected chi connectivity index (χ3v) is 5.04. The van der Waals surface area contributed by atoms with Gasteiger partial charge in [-0.05, 0) is 54.3 Å². The van der Waals surface area contributed by atoms with Crippen LogP contribution in [-0.2, 0) is 23.9 Å². The standard InChI is InChI=1S/C24H27F3N4O3/c1-4-10-29-23(30-15-28)31(5-2)14-17-13-18(24(25,26)27)7-8-19(17)20-11-16(12-22(32)33)6-9-21(20)34-3/h6-9,11,13H,4-5,10,12,14H2,1-3H3,(H,29,30)(H,32,33). The lowest BCUT2D eigenvalue weighted by Gasteiger charge is -2.26. The molecule has 0 radical (unpaired) electrons. The summed E-state index contributed by atoms with van der Waals surface area (Å²) in [5, 5.41) is 20.8. The molecule has 2 aromatic rings. The lowest BCUT2D eigenvalue weighted by molar-refractivity contribution is -0.138. The summed E-state index contributed by atoms with van der Waals surface area (Å²) in [4.78, 5) is 17.2. The van der Waals surface area contributed by atoms with Crippen LogP contribution in [0, 0.1) is 11.5 Å². The van der Waals surface area contributed by atoms with Gasteiger partial charge >= 0.3 is 12.1 Å². The summed E-state index contributed by atoms with van der Waals surface area (Å²) in [6, 6.07) is 8.20. The summed E-state index contributed by atoms with van der Waals surface area (Å²) in [5.41, 5.74) is 0.927. The molecule has 10 heteroatoms. The van der Waals surface area contributed by atoms with E-state index in [0.29, 0.717) is 41.1 Å². The number of halogens is 3. The zero-order valence-corrected chi connectivity index (χ0v) is 19.2. The van der Waals surface area contributed by atoms with E-state index in [4.69, 9.17) is 15.1 Å². The molecule has 2 rings (SSSR count). The molecule has 34 heavy (non-hydrogen) atoms. The Morgan fingerprint density at radius 3 is 2.50 bits per heavy atom. The third kappa shape index (κ3) is 6.88. The van der Waals surface area contributed by atoms with Crippen molar-refractivity contribution >= 4 is 11.9 Å². The molecule has 0 saturated heterocycles. The predicted octanol–water partition coefficient (Wildman–Crippen LogP) is 4.67. The van der Waals surface area contributed by atoms with Crippen LogP contribution in [0.3, 0.4) is 0 Å². The maximum absolute atomic E-state index is 13.5. The Bertz CT molecular complexity index is 1080. The molecular formula is C24H27F3N4O3. The minimum Gasteiger partial charge on any atom is -0.496 e. The molecule has 0 heterocycles. The van der Waals surface area contributed by atoms with Crippen molar-refractivity contribution in [2.75, 3.05) is 20.2 Å². The number of alkyl halides is 3. The maximum atomic E-state index is 13.5. The molecule has 0 aliphatic rings. The number of carboxylic acids is 1. The van der Waals surface area contributed by atoms with Crippen LogP contribution >= 0.6 is 0 Å². The van der Waals surface area contributed by atoms with E-state index in [-0.39, 0.29) is 18.9 Å². The maximum Gasteiger partial charge on any atom is 0.416 e. The van der Waals surface area contributed by atoms with Gasteiger partial charge in [0.1, 0.15) is 5.75 Å². The fourth-order valence-electron chi connectivity index (χ4n) is 3.44. The molecule has 2 N–H and O–H groups in total. The first-order valence-corrected chi connectivity index (χ1v) is 10.7. The molecule has 0 spiro atoms. The second-order valence-corrected chi connectivity index (χ2v) is 7.43. The van der Waals surface area contributed by atoms with E-state index in [1.807, 2.05) is 20.0 Å². The van der Waals surface area contributed by atoms with Gasteiger partial charge in [-0.25, -0.2) is 0 Å². The molecule has 0 bridgehead atoms. The quantitative estimate of drug-likeness (QED) is 0.236. The summed E-state index contributed by atoms with van der Waals surface area (Å²) < 4.78 is 46.0. The van der Waals surface area contributed by atoms with Gasteiger partial charge in [-0.2, -0.15) is 18.4 Å². The summed E-state index contributed by atoms with van der Waals surface area (Å²) in [7, 11) is 1.43. The highest BCUT2D eigenvalue weighted by Gasteiger charge is 2.31. The van der Waals surface area contributed by atoms with Crippen molar-refractivity contribution in [3.05, 3.63) is 53.1 Å². The first-order chi connectivity index (χ1) is 16.1. The van der Waals surface area contributed by atoms with Crippen LogP contribution in [0.25, 0.3) is 11.1 Å². The van der Waals surface area contributed by atoms with Crippen molar-refractivity contribution in [2.45, 2.75) is 39.4 Å². The number of methoxy groups -OCH3 is 1. The second kappa shape index (κ2) is 11.9. The normalized spacial score (nSPS) is 11.6. The van der Waals surface area contributed by atoms with Crippen molar-refractivity contribution in [3.63, 3.8) is 0 Å². The lowest BCUT2D eigenvalue weighted by atomic mass is 9.94. The number of nitrogens with one attached hydrogen (secondary N) is 1. The fourth-order valence-corrected chi connectivity index (χ4v) is 3.44. The molecule has 7 nitrogen and oxygen atoms in total. The summed E-state index contributed by atoms with van der Waals surface area (Å²) >= 11 is 0. The van der Waals surface area contributed by atoms with Crippen LogP contribution in [0.4, 0.5) is 13.2 Å². The lowest BCUT2D eigenvalue weighted by Crippen LogP contribution is -2.39. The van der Waals surface area contributed by atoms with Crippen LogP contribution in [0.1, 0.15) is 37.0 Å². The topological polar surface area (TPSA) is 98.0 Å². The van der Waals surface area contributed by atoms with E-state index in [9.17, 15) is 18.0 Å². The molecule has 0 amide bonds. The second-order valence-electron chi connectivity index (χ2n) is 7.43. The molecular weight excluding hydrogens is 449 g/mol. The Balaban J connectivity index is 2.67. The number of aliphatic imine (C=N–C) groups is 1. The van der Waals surface area contributed by atoms with Crippen molar-refractivity contribution in [1.29, 1.82) is 5.26 Å². The summed E-state index contributed by atoms with van der Waals surface area (Å²) in [6.07, 6.45) is -2.24. The SMILES string of the molecule is CCCN=C(NC#N)N(CC)Cc1cc(C(F)(F)F)ccc1-c1cc(CC(=O)O)ccc1OC. The highest BCUT2D eigenvalue weighted by molar-refractivity contribution is 5.82. The van der Waals surface area contributed by atoms with Crippen LogP contribution in [0.2, 0.25) is 0 Å². The zero-order valence-electron chi connectivity index (χ0n) is 19.2. The summed E-state index contributed by atoms with van der Waals surface area (Å²) in [5.74, 6) is -0.365. The average molecular weight is 476 g/mol. The van der Waals surface area contributed by atoms with E-state index in [2.05, 4.69) is 10.3 Å². The van der Waals surface area contributed by atoms with Crippen LogP contribution in [0.15, 0.2) is 41.4 Å². The number of benzene rings is 2. The van der Waals surface area contributed by atoms with Gasteiger partial charge in [-0.3, -0.25) is 15.1 Å². The number of rotatable bonds is 9. The Kier molecular flexibility index (Phi) is 9.30. The molecule has 0 atom stereocenters. The van der Waals surface area contributed by atoms with Gasteiger partial charge in [0, 0.05) is 25.2 Å². The van der Waals surface area contributed by atoms with E-state index in [1.165, 1.54) is 13.2 Å². The van der Waals surface area contributed by atoms with E-state index in [0.717, 1.165) is 18.6 Å². The van der Waals surface area contributed by atoms with E-state index >= 15 is 0 Å². The number of guanidine groups is 1. The Morgan fingerprint density at radius 2 is 1.94 bits per heavy atom. The largest absolute Gasteiger partial charge is 0.496 e. The highest BCUT2D eigenvalue weighted by Crippen LogP contribution is 2.38. The molecule has 182 valence electrons. The van der Waals surface area contributed by atoms with Gasteiger partial charge < -0.3 is 14.7 Å². The van der Waals surface area contributed by atoms with Crippen molar-refractivity contribution in [3.8, 4) is 23.1 Å². The minimum absolute atomic E-state index is 0.0271. The highest BCUT2D eigenvalue weighted by atomic mass is 19.4. The van der Waals surface area contributed by atoms with Gasteiger partial charge in [0.05, 0.1) is 19.1 Å². The number of nitriles is 1. The van der Waals surface area contributed by atoms with E-state index < -0.39 is 17.7 Å². The molecule has 2 aromatic carbocycles. The predicted molar refractivity (Wildman–Crippen MR) is 122 cm³/mol. The zero-order chi connectivity index (χ0) is 25.3. The number of ether oxygens (including phenoxy) is 1. The smallest absolute Gasteiger partial charge is 0.416 e. The van der Waals surface area contributed by atoms with Crippen LogP contribution in [-0.4, -0.2) is 42.1 Å². The number of hydrogen-bond acceptors (Lipinski definition) is 4. The number of aliphatic carboxylic acids is 1. The first-order valence-electron chi connectivity index (χ1n) is 10.7. The Labute approximate surface area is 196 Å². The monoisotopic (exact) mass is 476 g/mol. The van der Waals surface area contributed by atoms with E-state index in [1.54, 1.807) is 23.1 Å². The van der Waals surface area contributed by atoms with Gasteiger partial charge in [0.2, 0.25) is 5.96 Å². The van der Waals surface area contributed by atoms with Gasteiger partial charge in [-0.1, -0.05) is 19.1 Å². The number of carbonyl (C=O) groups is 1. The Morgan fingerprint density at radius 1 is 1.21 bits per heavy atom. The molecule has 0 fully saturated rings. The fraction of sp³-hybridized carbons (Fsp3) is 0.375. The van der Waals surface area contributed by atoms with Crippen LogP contribution < -0.4 is 10.1 Å². The van der Waals surface area contributed by atoms with Gasteiger partial charge in [0.25, 0.3) is 0 Å². The number of hydrogen-bond donors (Lipinski definition) is 2. The molecule has 0 aliphatic heterocycles. The van der Waals surface area contributed by atoms with Crippen LogP contribution in [0.5, 0.6) is 5.75 Å². The summed E-state index contributed by atoms with van der Waals surface area (Å²) in [6.45, 7) is 4.58. The van der Waals surface area contributed by atoms with Crippen molar-refractivity contribution < 1.29 is 27.8 Å². The van der Waals surface area contributed by atoms with Gasteiger partial charge in [0.15, 0.2) is 6.19 Å². The van der Waals surface area contributed by atoms with Crippen molar-refractivity contribution in [2.24, 2.45) is 4.99 Å². The first kappa shape index (κ1) is 26.5. The molecule has 0 aromatic heterocycles. The van der Waals surface area contributed by atoms with Gasteiger partial charge in [-0.15, -0.1) is 0 Å². The number of carboxylic acid groups (broad SMARTS) is 1. The third-order valence-electron chi connectivity index (χ3n) is 5.04. The molecule has 0 saturated carbocycles. The average Bonchev–Trinajstić information content (AvgIpc) is 2.79. The molecule has 0 aliphatic carbocycles. The minimum atomic E-state index is -4.55. The number of nitrogens with zero attached hydrogens (tertiary/aromatic N) is 3. The Hall–Kier alpha value is -3.74.